The summed E-state index contributed by atoms with van der Waals surface area (Å²) in [5, 5.41) is 17.3. The highest BCUT2D eigenvalue weighted by Crippen LogP contribution is 2.34. The van der Waals surface area contributed by atoms with E-state index in [1.807, 2.05) is 84.9 Å². The van der Waals surface area contributed by atoms with Crippen LogP contribution in [0.4, 0.5) is 5.69 Å². The van der Waals surface area contributed by atoms with Crippen molar-refractivity contribution >= 4 is 17.3 Å². The standard InChI is InChI=1S/C31H28N4O4/c1-23(26-12-16-28(17-13-26)35(37)38)32-34-30(36)21-33(20-24-8-4-2-5-9-24)31(34)27-14-18-29(19-15-27)39-22-25-10-6-3-7-11-25/h2-19,31H,20-22H2,1H3/b32-23-/t31-/m0/s1. The van der Waals surface area contributed by atoms with Gasteiger partial charge < -0.3 is 4.74 Å². The summed E-state index contributed by atoms with van der Waals surface area (Å²) in [6.07, 6.45) is -0.422. The van der Waals surface area contributed by atoms with E-state index in [1.54, 1.807) is 19.1 Å². The lowest BCUT2D eigenvalue weighted by Crippen LogP contribution is -2.29. The monoisotopic (exact) mass is 520 g/mol. The molecule has 1 aliphatic heterocycles. The van der Waals surface area contributed by atoms with E-state index in [1.165, 1.54) is 17.1 Å². The van der Waals surface area contributed by atoms with Crippen molar-refractivity contribution in [3.63, 3.8) is 0 Å². The number of nitro groups is 1. The Hall–Kier alpha value is -4.82. The predicted octanol–water partition coefficient (Wildman–Crippen LogP) is 5.94. The number of benzene rings is 4. The molecule has 4 aromatic carbocycles. The molecule has 1 atom stereocenters. The average Bonchev–Trinajstić information content (AvgIpc) is 3.27. The largest absolute Gasteiger partial charge is 0.489 e. The van der Waals surface area contributed by atoms with E-state index in [-0.39, 0.29) is 18.1 Å². The first kappa shape index (κ1) is 25.8. The third-order valence-electron chi connectivity index (χ3n) is 6.58. The first-order chi connectivity index (χ1) is 19.0. The van der Waals surface area contributed by atoms with Crippen molar-refractivity contribution in [2.45, 2.75) is 26.2 Å². The van der Waals surface area contributed by atoms with E-state index < -0.39 is 11.1 Å². The van der Waals surface area contributed by atoms with Gasteiger partial charge in [-0.25, -0.2) is 5.01 Å². The lowest BCUT2D eigenvalue weighted by molar-refractivity contribution is -0.384. The molecule has 1 heterocycles. The summed E-state index contributed by atoms with van der Waals surface area (Å²) in [5.41, 5.74) is 4.38. The van der Waals surface area contributed by atoms with Crippen LogP contribution in [0.3, 0.4) is 0 Å². The van der Waals surface area contributed by atoms with Crippen molar-refractivity contribution in [3.8, 4) is 5.75 Å². The van der Waals surface area contributed by atoms with Gasteiger partial charge in [0.1, 0.15) is 18.5 Å². The number of non-ortho nitro benzene ring substituents is 1. The van der Waals surface area contributed by atoms with E-state index in [0.717, 1.165) is 22.4 Å². The Morgan fingerprint density at radius 3 is 2.13 bits per heavy atom. The Kier molecular flexibility index (Phi) is 7.75. The Balaban J connectivity index is 1.41. The molecule has 1 saturated heterocycles. The molecule has 1 fully saturated rings. The number of nitro benzene ring substituents is 1. The SMILES string of the molecule is C/C(=N/N1C(=O)CN(Cc2ccccc2)[C@@H]1c1ccc(OCc2ccccc2)cc1)c1ccc([N+](=O)[O-])cc1. The summed E-state index contributed by atoms with van der Waals surface area (Å²) >= 11 is 0. The lowest BCUT2D eigenvalue weighted by Gasteiger charge is -2.28. The normalized spacial score (nSPS) is 15.9. The molecule has 0 bridgehead atoms. The second-order valence-corrected chi connectivity index (χ2v) is 9.34. The fraction of sp³-hybridized carbons (Fsp3) is 0.161. The van der Waals surface area contributed by atoms with Crippen LogP contribution in [-0.4, -0.2) is 33.0 Å². The molecule has 39 heavy (non-hydrogen) atoms. The minimum Gasteiger partial charge on any atom is -0.489 e. The third-order valence-corrected chi connectivity index (χ3v) is 6.58. The van der Waals surface area contributed by atoms with Crippen LogP contribution >= 0.6 is 0 Å². The Morgan fingerprint density at radius 1 is 0.897 bits per heavy atom. The lowest BCUT2D eigenvalue weighted by atomic mass is 10.1. The van der Waals surface area contributed by atoms with Crippen molar-refractivity contribution in [2.24, 2.45) is 5.10 Å². The fourth-order valence-corrected chi connectivity index (χ4v) is 4.57. The van der Waals surface area contributed by atoms with Crippen LogP contribution in [-0.2, 0) is 17.9 Å². The quantitative estimate of drug-likeness (QED) is 0.155. The van der Waals surface area contributed by atoms with Gasteiger partial charge in [-0.15, -0.1) is 0 Å². The maximum Gasteiger partial charge on any atom is 0.269 e. The number of hydrazone groups is 1. The van der Waals surface area contributed by atoms with Crippen LogP contribution in [0, 0.1) is 10.1 Å². The van der Waals surface area contributed by atoms with Gasteiger partial charge in [-0.3, -0.25) is 19.8 Å². The van der Waals surface area contributed by atoms with Crippen molar-refractivity contribution in [2.75, 3.05) is 6.54 Å². The summed E-state index contributed by atoms with van der Waals surface area (Å²) in [6, 6.07) is 33.9. The van der Waals surface area contributed by atoms with E-state index in [2.05, 4.69) is 4.90 Å². The number of nitrogens with zero attached hydrogens (tertiary/aromatic N) is 4. The minimum absolute atomic E-state index is 0.00489. The first-order valence-corrected chi connectivity index (χ1v) is 12.6. The maximum absolute atomic E-state index is 13.3. The van der Waals surface area contributed by atoms with Crippen molar-refractivity contribution in [1.29, 1.82) is 0 Å². The number of ether oxygens (including phenoxy) is 1. The zero-order valence-electron chi connectivity index (χ0n) is 21.5. The van der Waals surface area contributed by atoms with Crippen LogP contribution in [0.1, 0.15) is 35.3 Å². The molecule has 0 unspecified atom stereocenters. The predicted molar refractivity (Wildman–Crippen MR) is 149 cm³/mol. The molecule has 0 N–H and O–H groups in total. The Bertz CT molecular complexity index is 1460. The molecule has 0 radical (unpaired) electrons. The maximum atomic E-state index is 13.3. The van der Waals surface area contributed by atoms with Crippen molar-refractivity contribution in [3.05, 3.63) is 142 Å². The summed E-state index contributed by atoms with van der Waals surface area (Å²) in [6.45, 7) is 3.05. The highest BCUT2D eigenvalue weighted by Gasteiger charge is 2.39. The average molecular weight is 521 g/mol. The summed E-state index contributed by atoms with van der Waals surface area (Å²) in [5.74, 6) is 0.611. The molecule has 4 aromatic rings. The number of hydrogen-bond donors (Lipinski definition) is 0. The number of amides is 1. The van der Waals surface area contributed by atoms with Gasteiger partial charge in [-0.05, 0) is 53.4 Å². The molecule has 1 amide bonds. The molecule has 196 valence electrons. The molecule has 1 aliphatic rings. The van der Waals surface area contributed by atoms with Crippen LogP contribution < -0.4 is 4.74 Å². The first-order valence-electron chi connectivity index (χ1n) is 12.6. The van der Waals surface area contributed by atoms with Gasteiger partial charge >= 0.3 is 0 Å². The van der Waals surface area contributed by atoms with E-state index in [4.69, 9.17) is 9.84 Å². The molecular weight excluding hydrogens is 492 g/mol. The highest BCUT2D eigenvalue weighted by atomic mass is 16.6. The molecular formula is C31H28N4O4. The Labute approximate surface area is 226 Å². The van der Waals surface area contributed by atoms with Crippen LogP contribution in [0.15, 0.2) is 114 Å². The number of hydrogen-bond acceptors (Lipinski definition) is 6. The van der Waals surface area contributed by atoms with Gasteiger partial charge in [0.05, 0.1) is 17.2 Å². The molecule has 5 rings (SSSR count). The number of carbonyl (C=O) groups excluding carboxylic acids is 1. The fourth-order valence-electron chi connectivity index (χ4n) is 4.57. The Morgan fingerprint density at radius 2 is 1.51 bits per heavy atom. The topological polar surface area (TPSA) is 88.3 Å². The van der Waals surface area contributed by atoms with Crippen LogP contribution in [0.25, 0.3) is 0 Å². The molecule has 8 heteroatoms. The zero-order valence-corrected chi connectivity index (χ0v) is 21.5. The summed E-state index contributed by atoms with van der Waals surface area (Å²) in [7, 11) is 0. The van der Waals surface area contributed by atoms with Gasteiger partial charge in [0.15, 0.2) is 0 Å². The van der Waals surface area contributed by atoms with Gasteiger partial charge in [0.25, 0.3) is 11.6 Å². The summed E-state index contributed by atoms with van der Waals surface area (Å²) < 4.78 is 5.96. The molecule has 0 spiro atoms. The minimum atomic E-state index is -0.440. The zero-order chi connectivity index (χ0) is 27.2. The third kappa shape index (κ3) is 6.19. The summed E-state index contributed by atoms with van der Waals surface area (Å²) in [4.78, 5) is 25.9. The number of rotatable bonds is 9. The number of carbonyl (C=O) groups is 1. The van der Waals surface area contributed by atoms with Gasteiger partial charge in [0, 0.05) is 18.7 Å². The van der Waals surface area contributed by atoms with Gasteiger partial charge in [-0.2, -0.15) is 5.10 Å². The van der Waals surface area contributed by atoms with E-state index in [9.17, 15) is 14.9 Å². The van der Waals surface area contributed by atoms with E-state index >= 15 is 0 Å². The van der Waals surface area contributed by atoms with E-state index in [0.29, 0.717) is 24.4 Å². The van der Waals surface area contributed by atoms with Crippen LogP contribution in [0.2, 0.25) is 0 Å². The van der Waals surface area contributed by atoms with Gasteiger partial charge in [-0.1, -0.05) is 72.8 Å². The molecule has 0 saturated carbocycles. The molecule has 0 aromatic heterocycles. The van der Waals surface area contributed by atoms with Crippen molar-refractivity contribution in [1.82, 2.24) is 9.91 Å². The highest BCUT2D eigenvalue weighted by molar-refractivity contribution is 5.99. The molecule has 0 aliphatic carbocycles. The smallest absolute Gasteiger partial charge is 0.269 e. The molecule has 8 nitrogen and oxygen atoms in total. The second-order valence-electron chi connectivity index (χ2n) is 9.34. The van der Waals surface area contributed by atoms with Crippen molar-refractivity contribution < 1.29 is 14.5 Å². The van der Waals surface area contributed by atoms with Crippen LogP contribution in [0.5, 0.6) is 5.75 Å². The second kappa shape index (κ2) is 11.7. The van der Waals surface area contributed by atoms with Gasteiger partial charge in [0.2, 0.25) is 0 Å².